The molecule has 1 unspecified atom stereocenters. The second-order valence-electron chi connectivity index (χ2n) is 9.95. The van der Waals surface area contributed by atoms with E-state index in [0.29, 0.717) is 23.2 Å². The van der Waals surface area contributed by atoms with Crippen LogP contribution >= 0.6 is 11.3 Å². The van der Waals surface area contributed by atoms with Gasteiger partial charge in [0.05, 0.1) is 11.8 Å². The zero-order valence-corrected chi connectivity index (χ0v) is 22.5. The zero-order valence-electron chi connectivity index (χ0n) is 21.7. The Kier molecular flexibility index (Phi) is 9.22. The Hall–Kier alpha value is -3.46. The molecule has 0 bridgehead atoms. The minimum atomic E-state index is -0.553. The first-order valence-corrected chi connectivity index (χ1v) is 14.1. The number of hydrogen-bond acceptors (Lipinski definition) is 7. The standard InChI is InChI=1S/C30H35N5O2S.CH4/c1-2-6-22-17-25(34-30-26(22)27(31)28(38-30)29(32)37)35-15-13-23(14-16-35)33-18-24(36)21-11-9-20(10-12-21)19-7-4-3-5-8-19;/h3-5,7-12,17,23-24,33,36H,2,6,13-16,18,31H2,1H3,(H2,32,37);1H4. The first-order valence-electron chi connectivity index (χ1n) is 13.3. The van der Waals surface area contributed by atoms with Gasteiger partial charge in [-0.25, -0.2) is 4.98 Å². The number of primary amides is 1. The number of pyridine rings is 1. The summed E-state index contributed by atoms with van der Waals surface area (Å²) in [6.45, 7) is 4.39. The van der Waals surface area contributed by atoms with E-state index in [1.807, 2.05) is 30.3 Å². The molecule has 1 amide bonds. The smallest absolute Gasteiger partial charge is 0.260 e. The van der Waals surface area contributed by atoms with Gasteiger partial charge in [-0.05, 0) is 47.6 Å². The predicted molar refractivity (Wildman–Crippen MR) is 163 cm³/mol. The van der Waals surface area contributed by atoms with Gasteiger partial charge >= 0.3 is 0 Å². The van der Waals surface area contributed by atoms with Gasteiger partial charge in [0, 0.05) is 31.1 Å². The van der Waals surface area contributed by atoms with Crippen LogP contribution in [0, 0.1) is 0 Å². The third-order valence-electron chi connectivity index (χ3n) is 7.33. The minimum Gasteiger partial charge on any atom is -0.397 e. The molecule has 0 saturated carbocycles. The van der Waals surface area contributed by atoms with E-state index in [-0.39, 0.29) is 7.43 Å². The van der Waals surface area contributed by atoms with Crippen LogP contribution in [0.2, 0.25) is 0 Å². The van der Waals surface area contributed by atoms with Crippen molar-refractivity contribution in [1.29, 1.82) is 0 Å². The predicted octanol–water partition coefficient (Wildman–Crippen LogP) is 5.53. The van der Waals surface area contributed by atoms with Crippen molar-refractivity contribution in [3.8, 4) is 11.1 Å². The molecule has 0 aliphatic carbocycles. The molecule has 1 saturated heterocycles. The van der Waals surface area contributed by atoms with Gasteiger partial charge in [-0.3, -0.25) is 4.79 Å². The van der Waals surface area contributed by atoms with Crippen LogP contribution in [0.1, 0.15) is 60.5 Å². The number of carbonyl (C=O) groups excluding carboxylic acids is 1. The highest BCUT2D eigenvalue weighted by atomic mass is 32.1. The topological polar surface area (TPSA) is 117 Å². The van der Waals surface area contributed by atoms with Crippen molar-refractivity contribution < 1.29 is 9.90 Å². The third kappa shape index (κ3) is 6.24. The molecule has 0 radical (unpaired) electrons. The molecule has 1 aliphatic rings. The second kappa shape index (κ2) is 12.6. The first kappa shape index (κ1) is 28.5. The number of anilines is 2. The number of nitrogen functional groups attached to an aromatic ring is 1. The molecule has 0 spiro atoms. The number of nitrogens with two attached hydrogens (primary N) is 2. The number of aliphatic hydroxyl groups excluding tert-OH is 1. The third-order valence-corrected chi connectivity index (χ3v) is 8.45. The van der Waals surface area contributed by atoms with E-state index in [1.165, 1.54) is 16.9 Å². The maximum Gasteiger partial charge on any atom is 0.260 e. The number of rotatable bonds is 9. The lowest BCUT2D eigenvalue weighted by molar-refractivity contribution is 0.100. The number of carbonyl (C=O) groups is 1. The number of nitrogens with one attached hydrogen (secondary N) is 1. The number of piperidine rings is 1. The molecule has 1 fully saturated rings. The van der Waals surface area contributed by atoms with E-state index in [9.17, 15) is 9.90 Å². The number of aliphatic hydroxyl groups is 1. The summed E-state index contributed by atoms with van der Waals surface area (Å²) in [5, 5.41) is 15.2. The van der Waals surface area contributed by atoms with E-state index in [2.05, 4.69) is 47.5 Å². The highest BCUT2D eigenvalue weighted by Gasteiger charge is 2.24. The normalized spacial score (nSPS) is 14.8. The van der Waals surface area contributed by atoms with Crippen LogP contribution in [0.15, 0.2) is 60.7 Å². The van der Waals surface area contributed by atoms with Crippen LogP contribution in [-0.4, -0.2) is 41.7 Å². The summed E-state index contributed by atoms with van der Waals surface area (Å²) in [5.74, 6) is 0.422. The summed E-state index contributed by atoms with van der Waals surface area (Å²) >= 11 is 1.28. The summed E-state index contributed by atoms with van der Waals surface area (Å²) in [5.41, 5.74) is 16.6. The molecule has 39 heavy (non-hydrogen) atoms. The number of nitrogens with zero attached hydrogens (tertiary/aromatic N) is 2. The van der Waals surface area contributed by atoms with Gasteiger partial charge in [0.15, 0.2) is 0 Å². The minimum absolute atomic E-state index is 0. The monoisotopic (exact) mass is 545 g/mol. The molecule has 7 nitrogen and oxygen atoms in total. The van der Waals surface area contributed by atoms with Gasteiger partial charge in [-0.15, -0.1) is 11.3 Å². The van der Waals surface area contributed by atoms with Gasteiger partial charge in [-0.2, -0.15) is 0 Å². The Labute approximate surface area is 234 Å². The Balaban J connectivity index is 0.00000353. The average Bonchev–Trinajstić information content (AvgIpc) is 3.29. The van der Waals surface area contributed by atoms with E-state index in [0.717, 1.165) is 71.5 Å². The molecular formula is C31H39N5O2S. The van der Waals surface area contributed by atoms with Crippen molar-refractivity contribution >= 4 is 39.0 Å². The van der Waals surface area contributed by atoms with E-state index in [4.69, 9.17) is 16.5 Å². The largest absolute Gasteiger partial charge is 0.397 e. The molecule has 8 heteroatoms. The Morgan fingerprint density at radius 1 is 1.13 bits per heavy atom. The van der Waals surface area contributed by atoms with E-state index >= 15 is 0 Å². The van der Waals surface area contributed by atoms with Crippen molar-refractivity contribution in [1.82, 2.24) is 10.3 Å². The van der Waals surface area contributed by atoms with Crippen LogP contribution in [0.4, 0.5) is 11.5 Å². The molecule has 1 atom stereocenters. The Bertz CT molecular complexity index is 1400. The van der Waals surface area contributed by atoms with Crippen molar-refractivity contribution in [2.24, 2.45) is 5.73 Å². The SMILES string of the molecule is C.CCCc1cc(N2CCC(NCC(O)c3ccc(-c4ccccc4)cc3)CC2)nc2sc(C(N)=O)c(N)c12. The van der Waals surface area contributed by atoms with E-state index < -0.39 is 12.0 Å². The van der Waals surface area contributed by atoms with Crippen LogP contribution in [-0.2, 0) is 6.42 Å². The number of thiophene rings is 1. The highest BCUT2D eigenvalue weighted by molar-refractivity contribution is 7.21. The number of aryl methyl sites for hydroxylation is 1. The Morgan fingerprint density at radius 3 is 2.44 bits per heavy atom. The van der Waals surface area contributed by atoms with Crippen LogP contribution in [0.25, 0.3) is 21.3 Å². The molecule has 5 rings (SSSR count). The quantitative estimate of drug-likeness (QED) is 0.220. The Morgan fingerprint density at radius 2 is 1.79 bits per heavy atom. The van der Waals surface area contributed by atoms with Gasteiger partial charge in [0.1, 0.15) is 15.5 Å². The molecule has 4 aromatic rings. The maximum atomic E-state index is 11.8. The molecule has 6 N–H and O–H groups in total. The average molecular weight is 546 g/mol. The van der Waals surface area contributed by atoms with Gasteiger partial charge in [0.25, 0.3) is 5.91 Å². The van der Waals surface area contributed by atoms with Gasteiger partial charge in [-0.1, -0.05) is 75.4 Å². The summed E-state index contributed by atoms with van der Waals surface area (Å²) in [4.78, 5) is 20.2. The first-order chi connectivity index (χ1) is 18.4. The van der Waals surface area contributed by atoms with E-state index in [1.54, 1.807) is 0 Å². The lowest BCUT2D eigenvalue weighted by Crippen LogP contribution is -2.44. The number of benzene rings is 2. The summed E-state index contributed by atoms with van der Waals surface area (Å²) in [6, 6.07) is 20.9. The second-order valence-corrected chi connectivity index (χ2v) is 11.0. The fraction of sp³-hybridized carbons (Fsp3) is 0.355. The number of aromatic nitrogens is 1. The molecule has 1 aliphatic heterocycles. The molecule has 206 valence electrons. The van der Waals surface area contributed by atoms with Crippen molar-refractivity contribution in [3.05, 3.63) is 76.7 Å². The zero-order chi connectivity index (χ0) is 26.6. The van der Waals surface area contributed by atoms with Crippen molar-refractivity contribution in [2.45, 2.75) is 52.2 Å². The molecular weight excluding hydrogens is 506 g/mol. The maximum absolute atomic E-state index is 11.8. The molecule has 3 heterocycles. The lowest BCUT2D eigenvalue weighted by atomic mass is 10.0. The van der Waals surface area contributed by atoms with Gasteiger partial charge in [0.2, 0.25) is 0 Å². The fourth-order valence-corrected chi connectivity index (χ4v) is 6.22. The highest BCUT2D eigenvalue weighted by Crippen LogP contribution is 2.37. The summed E-state index contributed by atoms with van der Waals surface area (Å²) in [6.07, 6.45) is 3.21. The van der Waals surface area contributed by atoms with Crippen LogP contribution in [0.5, 0.6) is 0 Å². The van der Waals surface area contributed by atoms with Crippen molar-refractivity contribution in [2.75, 3.05) is 30.3 Å². The van der Waals surface area contributed by atoms with Crippen molar-refractivity contribution in [3.63, 3.8) is 0 Å². The number of amides is 1. The molecule has 2 aromatic carbocycles. The number of fused-ring (bicyclic) bond motifs is 1. The molecule has 2 aromatic heterocycles. The van der Waals surface area contributed by atoms with Crippen LogP contribution in [0.3, 0.4) is 0 Å². The summed E-state index contributed by atoms with van der Waals surface area (Å²) < 4.78 is 0. The number of hydrogen-bond donors (Lipinski definition) is 4. The fourth-order valence-electron chi connectivity index (χ4n) is 5.23. The van der Waals surface area contributed by atoms with Gasteiger partial charge < -0.3 is 26.8 Å². The lowest BCUT2D eigenvalue weighted by Gasteiger charge is -2.34. The summed E-state index contributed by atoms with van der Waals surface area (Å²) in [7, 11) is 0. The van der Waals surface area contributed by atoms with Crippen LogP contribution < -0.4 is 21.7 Å².